The first kappa shape index (κ1) is 14.4. The highest BCUT2D eigenvalue weighted by Crippen LogP contribution is 2.11. The van der Waals surface area contributed by atoms with Crippen LogP contribution in [0, 0.1) is 0 Å². The fourth-order valence-electron chi connectivity index (χ4n) is 1.41. The highest BCUT2D eigenvalue weighted by atomic mass is 16.9. The highest BCUT2D eigenvalue weighted by Gasteiger charge is 2.10. The molecule has 0 aliphatic heterocycles. The van der Waals surface area contributed by atoms with E-state index in [4.69, 9.17) is 10.2 Å². The van der Waals surface area contributed by atoms with Crippen LogP contribution < -0.4 is 5.64 Å². The van der Waals surface area contributed by atoms with Gasteiger partial charge in [-0.25, -0.2) is 9.59 Å². The number of benzene rings is 2. The van der Waals surface area contributed by atoms with Crippen molar-refractivity contribution in [2.75, 3.05) is 0 Å². The van der Waals surface area contributed by atoms with E-state index in [0.29, 0.717) is 0 Å². The Balaban J connectivity index is 1.83. The number of carbonyl (C=O) groups is 2. The van der Waals surface area contributed by atoms with Gasteiger partial charge in [0.15, 0.2) is 0 Å². The first-order chi connectivity index (χ1) is 10.1. The summed E-state index contributed by atoms with van der Waals surface area (Å²) in [5, 5.41) is 18.2. The predicted molar refractivity (Wildman–Crippen MR) is 70.2 cm³/mol. The molecular formula is C14H11NO6. The van der Waals surface area contributed by atoms with Crippen LogP contribution in [0.5, 0.6) is 11.5 Å². The largest absolute Gasteiger partial charge is 0.508 e. The molecule has 0 heterocycles. The third kappa shape index (κ3) is 3.95. The Labute approximate surface area is 119 Å². The molecule has 7 heteroatoms. The zero-order valence-electron chi connectivity index (χ0n) is 10.6. The molecule has 108 valence electrons. The number of nitrogens with one attached hydrogen (secondary N) is 1. The molecule has 0 saturated heterocycles. The molecule has 2 aromatic carbocycles. The highest BCUT2D eigenvalue weighted by molar-refractivity contribution is 5.90. The van der Waals surface area contributed by atoms with Gasteiger partial charge in [-0.1, -0.05) is 0 Å². The average Bonchev–Trinajstić information content (AvgIpc) is 2.48. The summed E-state index contributed by atoms with van der Waals surface area (Å²) in [4.78, 5) is 32.1. The van der Waals surface area contributed by atoms with Crippen LogP contribution in [0.15, 0.2) is 48.5 Å². The van der Waals surface area contributed by atoms with Gasteiger partial charge in [-0.05, 0) is 48.5 Å². The molecule has 0 spiro atoms. The fourth-order valence-corrected chi connectivity index (χ4v) is 1.41. The SMILES string of the molecule is O=C(ONOC(=O)c1ccc(O)cc1)c1ccc(O)cc1. The first-order valence-corrected chi connectivity index (χ1v) is 5.81. The number of carbonyl (C=O) groups excluding carboxylic acids is 2. The Bertz CT molecular complexity index is 578. The monoisotopic (exact) mass is 289 g/mol. The molecular weight excluding hydrogens is 278 g/mol. The van der Waals surface area contributed by atoms with E-state index in [9.17, 15) is 9.59 Å². The topological polar surface area (TPSA) is 105 Å². The number of hydrogen-bond donors (Lipinski definition) is 3. The van der Waals surface area contributed by atoms with E-state index >= 15 is 0 Å². The molecule has 0 amide bonds. The summed E-state index contributed by atoms with van der Waals surface area (Å²) in [5.41, 5.74) is 2.12. The molecule has 0 atom stereocenters. The van der Waals surface area contributed by atoms with Crippen molar-refractivity contribution in [1.29, 1.82) is 0 Å². The van der Waals surface area contributed by atoms with Gasteiger partial charge >= 0.3 is 11.9 Å². The summed E-state index contributed by atoms with van der Waals surface area (Å²) < 4.78 is 0. The molecule has 0 aliphatic rings. The summed E-state index contributed by atoms with van der Waals surface area (Å²) in [6, 6.07) is 10.7. The number of aromatic hydroxyl groups is 2. The molecule has 2 rings (SSSR count). The summed E-state index contributed by atoms with van der Waals surface area (Å²) >= 11 is 0. The molecule has 0 aliphatic carbocycles. The van der Waals surface area contributed by atoms with Crippen LogP contribution in [0.3, 0.4) is 0 Å². The van der Waals surface area contributed by atoms with Gasteiger partial charge in [-0.15, -0.1) is 0 Å². The van der Waals surface area contributed by atoms with Crippen LogP contribution >= 0.6 is 0 Å². The number of phenols is 2. The predicted octanol–water partition coefficient (Wildman–Crippen LogP) is 1.53. The molecule has 0 aromatic heterocycles. The van der Waals surface area contributed by atoms with Crippen molar-refractivity contribution >= 4 is 11.9 Å². The molecule has 0 bridgehead atoms. The third-order valence-electron chi connectivity index (χ3n) is 2.47. The Morgan fingerprint density at radius 1 is 0.714 bits per heavy atom. The molecule has 7 nitrogen and oxygen atoms in total. The van der Waals surface area contributed by atoms with E-state index in [1.54, 1.807) is 5.64 Å². The maximum absolute atomic E-state index is 11.5. The zero-order chi connectivity index (χ0) is 15.2. The third-order valence-corrected chi connectivity index (χ3v) is 2.47. The minimum Gasteiger partial charge on any atom is -0.508 e. The molecule has 0 unspecified atom stereocenters. The van der Waals surface area contributed by atoms with Gasteiger partial charge in [0.05, 0.1) is 11.1 Å². The van der Waals surface area contributed by atoms with Gasteiger partial charge in [-0.2, -0.15) is 0 Å². The summed E-state index contributed by atoms with van der Waals surface area (Å²) in [6.07, 6.45) is 0. The van der Waals surface area contributed by atoms with Crippen LogP contribution in [0.2, 0.25) is 0 Å². The van der Waals surface area contributed by atoms with E-state index in [-0.39, 0.29) is 22.6 Å². The van der Waals surface area contributed by atoms with E-state index in [0.717, 1.165) is 0 Å². The second-order valence-corrected chi connectivity index (χ2v) is 3.96. The van der Waals surface area contributed by atoms with Crippen molar-refractivity contribution < 1.29 is 29.5 Å². The lowest BCUT2D eigenvalue weighted by Crippen LogP contribution is -2.24. The second kappa shape index (κ2) is 6.40. The normalized spacial score (nSPS) is 9.90. The molecule has 0 fully saturated rings. The van der Waals surface area contributed by atoms with E-state index in [1.165, 1.54) is 48.5 Å². The second-order valence-electron chi connectivity index (χ2n) is 3.96. The van der Waals surface area contributed by atoms with Crippen LogP contribution in [0.25, 0.3) is 0 Å². The molecule has 21 heavy (non-hydrogen) atoms. The smallest absolute Gasteiger partial charge is 0.360 e. The zero-order valence-corrected chi connectivity index (χ0v) is 10.6. The van der Waals surface area contributed by atoms with Crippen molar-refractivity contribution in [2.45, 2.75) is 0 Å². The van der Waals surface area contributed by atoms with Crippen LogP contribution in [-0.4, -0.2) is 22.2 Å². The van der Waals surface area contributed by atoms with Crippen molar-refractivity contribution in [3.8, 4) is 11.5 Å². The standard InChI is InChI=1S/C14H11NO6/c16-11-5-1-9(2-6-11)13(18)20-15-21-14(19)10-3-7-12(17)8-4-10/h1-8,15-17H. The lowest BCUT2D eigenvalue weighted by Gasteiger charge is -2.06. The summed E-state index contributed by atoms with van der Waals surface area (Å²) in [5.74, 6) is -1.54. The van der Waals surface area contributed by atoms with Gasteiger partial charge in [-0.3, -0.25) is 0 Å². The Morgan fingerprint density at radius 3 is 1.38 bits per heavy atom. The maximum atomic E-state index is 11.5. The van der Waals surface area contributed by atoms with Gasteiger partial charge < -0.3 is 19.9 Å². The number of hydrogen-bond acceptors (Lipinski definition) is 7. The Morgan fingerprint density at radius 2 is 1.05 bits per heavy atom. The Kier molecular flexibility index (Phi) is 4.37. The van der Waals surface area contributed by atoms with Crippen LogP contribution in [0.4, 0.5) is 0 Å². The lowest BCUT2D eigenvalue weighted by molar-refractivity contribution is -0.100. The van der Waals surface area contributed by atoms with Crippen molar-refractivity contribution in [3.05, 3.63) is 59.7 Å². The Hall–Kier alpha value is -3.06. The van der Waals surface area contributed by atoms with E-state index < -0.39 is 11.9 Å². The van der Waals surface area contributed by atoms with Gasteiger partial charge in [0.2, 0.25) is 0 Å². The lowest BCUT2D eigenvalue weighted by atomic mass is 10.2. The summed E-state index contributed by atoms with van der Waals surface area (Å²) in [7, 11) is 0. The quantitative estimate of drug-likeness (QED) is 0.733. The fraction of sp³-hybridized carbons (Fsp3) is 0. The minimum atomic E-state index is -0.784. The number of phenolic OH excluding ortho intramolecular Hbond substituents is 2. The average molecular weight is 289 g/mol. The van der Waals surface area contributed by atoms with Crippen molar-refractivity contribution in [2.24, 2.45) is 0 Å². The molecule has 3 N–H and O–H groups in total. The summed E-state index contributed by atoms with van der Waals surface area (Å²) in [6.45, 7) is 0. The van der Waals surface area contributed by atoms with Crippen molar-refractivity contribution in [3.63, 3.8) is 0 Å². The van der Waals surface area contributed by atoms with Gasteiger partial charge in [0.1, 0.15) is 11.5 Å². The number of rotatable bonds is 4. The van der Waals surface area contributed by atoms with E-state index in [2.05, 4.69) is 9.68 Å². The van der Waals surface area contributed by atoms with Crippen molar-refractivity contribution in [1.82, 2.24) is 5.64 Å². The molecule has 0 saturated carbocycles. The van der Waals surface area contributed by atoms with Crippen LogP contribution in [-0.2, 0) is 9.68 Å². The minimum absolute atomic E-state index is 0.0123. The van der Waals surface area contributed by atoms with Gasteiger partial charge in [0, 0.05) is 5.64 Å². The van der Waals surface area contributed by atoms with Crippen LogP contribution in [0.1, 0.15) is 20.7 Å². The maximum Gasteiger partial charge on any atom is 0.360 e. The first-order valence-electron chi connectivity index (χ1n) is 5.81. The molecule has 0 radical (unpaired) electrons. The molecule has 2 aromatic rings. The van der Waals surface area contributed by atoms with Gasteiger partial charge in [0.25, 0.3) is 0 Å². The van der Waals surface area contributed by atoms with E-state index in [1.807, 2.05) is 0 Å².